The van der Waals surface area contributed by atoms with Crippen molar-refractivity contribution in [2.45, 2.75) is 20.1 Å². The molecular formula is C25H22BrN3O2. The van der Waals surface area contributed by atoms with Crippen LogP contribution >= 0.6 is 15.9 Å². The van der Waals surface area contributed by atoms with E-state index in [0.29, 0.717) is 24.5 Å². The van der Waals surface area contributed by atoms with Gasteiger partial charge in [-0.3, -0.25) is 9.48 Å². The van der Waals surface area contributed by atoms with Gasteiger partial charge in [0.1, 0.15) is 12.4 Å². The highest BCUT2D eigenvalue weighted by Crippen LogP contribution is 2.19. The van der Waals surface area contributed by atoms with Gasteiger partial charge in [0.2, 0.25) is 0 Å². The summed E-state index contributed by atoms with van der Waals surface area (Å²) in [5.74, 6) is 1.08. The maximum Gasteiger partial charge on any atom is 0.256 e. The molecule has 4 aromatic rings. The number of carbonyl (C=O) groups is 1. The summed E-state index contributed by atoms with van der Waals surface area (Å²) in [5, 5.41) is 7.32. The van der Waals surface area contributed by atoms with Gasteiger partial charge in [0.15, 0.2) is 5.82 Å². The van der Waals surface area contributed by atoms with Crippen LogP contribution in [0.4, 0.5) is 5.82 Å². The second-order valence-corrected chi connectivity index (χ2v) is 8.20. The van der Waals surface area contributed by atoms with Gasteiger partial charge in [0.25, 0.3) is 5.91 Å². The molecule has 6 heteroatoms. The van der Waals surface area contributed by atoms with Crippen molar-refractivity contribution in [2.24, 2.45) is 0 Å². The lowest BCUT2D eigenvalue weighted by molar-refractivity contribution is 0.102. The lowest BCUT2D eigenvalue weighted by Crippen LogP contribution is -2.13. The summed E-state index contributed by atoms with van der Waals surface area (Å²) in [5.41, 5.74) is 3.85. The van der Waals surface area contributed by atoms with Crippen LogP contribution in [0, 0.1) is 6.92 Å². The molecule has 1 N–H and O–H groups in total. The molecular weight excluding hydrogens is 454 g/mol. The molecule has 0 fully saturated rings. The van der Waals surface area contributed by atoms with E-state index in [1.54, 1.807) is 12.1 Å². The average molecular weight is 476 g/mol. The van der Waals surface area contributed by atoms with Crippen LogP contribution in [-0.4, -0.2) is 15.7 Å². The summed E-state index contributed by atoms with van der Waals surface area (Å²) in [6.45, 7) is 3.09. The van der Waals surface area contributed by atoms with Crippen molar-refractivity contribution in [3.05, 3.63) is 112 Å². The summed E-state index contributed by atoms with van der Waals surface area (Å²) in [7, 11) is 0. The molecule has 0 unspecified atom stereocenters. The van der Waals surface area contributed by atoms with Crippen LogP contribution < -0.4 is 10.1 Å². The van der Waals surface area contributed by atoms with E-state index in [4.69, 9.17) is 4.74 Å². The molecule has 0 bridgehead atoms. The molecule has 1 amide bonds. The Morgan fingerprint density at radius 2 is 1.81 bits per heavy atom. The quantitative estimate of drug-likeness (QED) is 0.365. The number of nitrogens with one attached hydrogen (secondary N) is 1. The summed E-state index contributed by atoms with van der Waals surface area (Å²) in [4.78, 5) is 12.7. The van der Waals surface area contributed by atoms with Crippen molar-refractivity contribution in [3.63, 3.8) is 0 Å². The number of aryl methyl sites for hydroxylation is 1. The average Bonchev–Trinajstić information content (AvgIpc) is 3.21. The third-order valence-electron chi connectivity index (χ3n) is 4.74. The number of aromatic nitrogens is 2. The van der Waals surface area contributed by atoms with E-state index in [0.717, 1.165) is 21.3 Å². The smallest absolute Gasteiger partial charge is 0.256 e. The molecule has 0 spiro atoms. The number of halogens is 1. The standard InChI is InChI=1S/C25H22BrN3O2/c1-18-8-10-19(11-9-18)16-29-13-12-24(28-29)27-25(30)21-5-2-4-20(14-21)17-31-23-7-3-6-22(26)15-23/h2-15H,16-17H2,1H3,(H,27,28,30). The molecule has 0 aliphatic heterocycles. The number of ether oxygens (including phenoxy) is 1. The van der Waals surface area contributed by atoms with Gasteiger partial charge in [-0.1, -0.05) is 64.0 Å². The first-order valence-electron chi connectivity index (χ1n) is 9.93. The summed E-state index contributed by atoms with van der Waals surface area (Å²) < 4.78 is 8.58. The Bertz CT molecular complexity index is 1190. The van der Waals surface area contributed by atoms with Crippen LogP contribution in [0.2, 0.25) is 0 Å². The summed E-state index contributed by atoms with van der Waals surface area (Å²) in [6, 6.07) is 25.2. The number of nitrogens with zero attached hydrogens (tertiary/aromatic N) is 2. The van der Waals surface area contributed by atoms with Crippen LogP contribution in [0.25, 0.3) is 0 Å². The second-order valence-electron chi connectivity index (χ2n) is 7.28. The number of anilines is 1. The third-order valence-corrected chi connectivity index (χ3v) is 5.23. The van der Waals surface area contributed by atoms with Gasteiger partial charge in [0, 0.05) is 22.3 Å². The van der Waals surface area contributed by atoms with Crippen LogP contribution in [0.5, 0.6) is 5.75 Å². The molecule has 31 heavy (non-hydrogen) atoms. The molecule has 1 heterocycles. The Morgan fingerprint density at radius 3 is 2.61 bits per heavy atom. The Hall–Kier alpha value is -3.38. The normalized spacial score (nSPS) is 10.6. The predicted molar refractivity (Wildman–Crippen MR) is 125 cm³/mol. The number of amides is 1. The van der Waals surface area contributed by atoms with Crippen LogP contribution in [0.3, 0.4) is 0 Å². The van der Waals surface area contributed by atoms with E-state index in [1.165, 1.54) is 5.56 Å². The SMILES string of the molecule is Cc1ccc(Cn2ccc(NC(=O)c3cccc(COc4cccc(Br)c4)c3)n2)cc1. The fourth-order valence-corrected chi connectivity index (χ4v) is 3.49. The molecule has 0 saturated carbocycles. The van der Waals surface area contributed by atoms with Crippen molar-refractivity contribution in [2.75, 3.05) is 5.32 Å². The van der Waals surface area contributed by atoms with Crippen molar-refractivity contribution >= 4 is 27.7 Å². The summed E-state index contributed by atoms with van der Waals surface area (Å²) >= 11 is 3.43. The Kier molecular flexibility index (Phi) is 6.48. The first kappa shape index (κ1) is 20.9. The largest absolute Gasteiger partial charge is 0.489 e. The molecule has 1 aromatic heterocycles. The molecule has 3 aromatic carbocycles. The van der Waals surface area contributed by atoms with Crippen molar-refractivity contribution in [1.82, 2.24) is 9.78 Å². The van der Waals surface area contributed by atoms with Gasteiger partial charge >= 0.3 is 0 Å². The Morgan fingerprint density at radius 1 is 1.00 bits per heavy atom. The van der Waals surface area contributed by atoms with E-state index < -0.39 is 0 Å². The highest BCUT2D eigenvalue weighted by Gasteiger charge is 2.09. The van der Waals surface area contributed by atoms with Gasteiger partial charge in [-0.2, -0.15) is 5.10 Å². The third kappa shape index (κ3) is 5.83. The first-order valence-corrected chi connectivity index (χ1v) is 10.7. The lowest BCUT2D eigenvalue weighted by atomic mass is 10.1. The minimum atomic E-state index is -0.204. The first-order chi connectivity index (χ1) is 15.0. The molecule has 0 aliphatic rings. The number of hydrogen-bond acceptors (Lipinski definition) is 3. The van der Waals surface area contributed by atoms with Crippen molar-refractivity contribution in [3.8, 4) is 5.75 Å². The fourth-order valence-electron chi connectivity index (χ4n) is 3.11. The maximum absolute atomic E-state index is 12.7. The second kappa shape index (κ2) is 9.62. The van der Waals surface area contributed by atoms with Gasteiger partial charge in [-0.15, -0.1) is 0 Å². The van der Waals surface area contributed by atoms with Gasteiger partial charge in [-0.25, -0.2) is 0 Å². The molecule has 0 saturated heterocycles. The molecule has 5 nitrogen and oxygen atoms in total. The monoisotopic (exact) mass is 475 g/mol. The summed E-state index contributed by atoms with van der Waals surface area (Å²) in [6.07, 6.45) is 1.86. The van der Waals surface area contributed by atoms with E-state index in [2.05, 4.69) is 57.5 Å². The highest BCUT2D eigenvalue weighted by atomic mass is 79.9. The Labute approximate surface area is 189 Å². The van der Waals surface area contributed by atoms with Gasteiger partial charge < -0.3 is 10.1 Å². The fraction of sp³-hybridized carbons (Fsp3) is 0.120. The highest BCUT2D eigenvalue weighted by molar-refractivity contribution is 9.10. The molecule has 0 radical (unpaired) electrons. The van der Waals surface area contributed by atoms with Gasteiger partial charge in [0.05, 0.1) is 6.54 Å². The molecule has 0 aliphatic carbocycles. The zero-order valence-electron chi connectivity index (χ0n) is 17.1. The van der Waals surface area contributed by atoms with Crippen LogP contribution in [-0.2, 0) is 13.2 Å². The number of benzene rings is 3. The van der Waals surface area contributed by atoms with Crippen molar-refractivity contribution in [1.29, 1.82) is 0 Å². The zero-order valence-corrected chi connectivity index (χ0v) is 18.7. The van der Waals surface area contributed by atoms with E-state index >= 15 is 0 Å². The van der Waals surface area contributed by atoms with Crippen LogP contribution in [0.15, 0.2) is 89.5 Å². The van der Waals surface area contributed by atoms with E-state index in [1.807, 2.05) is 53.3 Å². The van der Waals surface area contributed by atoms with Crippen molar-refractivity contribution < 1.29 is 9.53 Å². The minimum absolute atomic E-state index is 0.204. The topological polar surface area (TPSA) is 56.2 Å². The minimum Gasteiger partial charge on any atom is -0.489 e. The zero-order chi connectivity index (χ0) is 21.6. The number of carbonyl (C=O) groups excluding carboxylic acids is 1. The Balaban J connectivity index is 1.37. The molecule has 156 valence electrons. The maximum atomic E-state index is 12.7. The van der Waals surface area contributed by atoms with E-state index in [-0.39, 0.29) is 5.91 Å². The number of hydrogen-bond donors (Lipinski definition) is 1. The molecule has 0 atom stereocenters. The van der Waals surface area contributed by atoms with Crippen LogP contribution in [0.1, 0.15) is 27.0 Å². The number of rotatable bonds is 7. The van der Waals surface area contributed by atoms with Gasteiger partial charge in [-0.05, 0) is 48.4 Å². The lowest BCUT2D eigenvalue weighted by Gasteiger charge is -2.08. The van der Waals surface area contributed by atoms with E-state index in [9.17, 15) is 4.79 Å². The predicted octanol–water partition coefficient (Wildman–Crippen LogP) is 5.83. The molecule has 4 rings (SSSR count).